The van der Waals surface area contributed by atoms with E-state index in [1.54, 1.807) is 0 Å². The molecule has 0 aliphatic carbocycles. The van der Waals surface area contributed by atoms with Crippen LogP contribution in [-0.4, -0.2) is 54.7 Å². The highest BCUT2D eigenvalue weighted by Gasteiger charge is 2.18. The molecule has 6 nitrogen and oxygen atoms in total. The Bertz CT molecular complexity index is 246. The van der Waals surface area contributed by atoms with E-state index in [0.717, 1.165) is 19.5 Å². The number of aliphatic carboxylic acids is 1. The highest BCUT2D eigenvalue weighted by atomic mass is 16.4. The molecule has 0 aromatic carbocycles. The fraction of sp³-hybridized carbons (Fsp3) is 0.818. The lowest BCUT2D eigenvalue weighted by Crippen LogP contribution is -2.47. The quantitative estimate of drug-likeness (QED) is 0.581. The molecule has 0 aliphatic rings. The predicted molar refractivity (Wildman–Crippen MR) is 66.0 cm³/mol. The first-order valence-electron chi connectivity index (χ1n) is 5.96. The molecule has 0 saturated heterocycles. The average molecular weight is 245 g/mol. The number of amides is 2. The minimum atomic E-state index is -0.993. The number of carboxylic acids is 1. The zero-order valence-electron chi connectivity index (χ0n) is 10.8. The van der Waals surface area contributed by atoms with Crippen molar-refractivity contribution in [3.05, 3.63) is 0 Å². The Hall–Kier alpha value is -1.30. The Balaban J connectivity index is 3.86. The third kappa shape index (κ3) is 7.57. The van der Waals surface area contributed by atoms with Crippen LogP contribution in [0, 0.1) is 0 Å². The van der Waals surface area contributed by atoms with Crippen LogP contribution in [0.3, 0.4) is 0 Å². The number of carboxylic acid groups (broad SMARTS) is 1. The molecular formula is C11H23N3O3. The molecule has 0 fully saturated rings. The summed E-state index contributed by atoms with van der Waals surface area (Å²) in [6, 6.07) is -1.22. The molecule has 3 N–H and O–H groups in total. The van der Waals surface area contributed by atoms with Gasteiger partial charge in [-0.1, -0.05) is 20.3 Å². The van der Waals surface area contributed by atoms with Crippen LogP contribution >= 0.6 is 0 Å². The molecule has 17 heavy (non-hydrogen) atoms. The Morgan fingerprint density at radius 1 is 1.35 bits per heavy atom. The molecule has 0 spiro atoms. The first-order valence-corrected chi connectivity index (χ1v) is 5.96. The maximum atomic E-state index is 11.4. The number of carbonyl (C=O) groups is 2. The van der Waals surface area contributed by atoms with E-state index < -0.39 is 18.0 Å². The van der Waals surface area contributed by atoms with E-state index in [1.807, 2.05) is 20.9 Å². The highest BCUT2D eigenvalue weighted by Crippen LogP contribution is 1.96. The molecule has 0 aromatic rings. The largest absolute Gasteiger partial charge is 0.480 e. The third-order valence-electron chi connectivity index (χ3n) is 2.50. The van der Waals surface area contributed by atoms with Crippen LogP contribution < -0.4 is 10.6 Å². The number of likely N-dealkylation sites (N-methyl/N-ethyl adjacent to an activating group) is 1. The van der Waals surface area contributed by atoms with Crippen LogP contribution in [0.25, 0.3) is 0 Å². The van der Waals surface area contributed by atoms with Crippen molar-refractivity contribution in [1.82, 2.24) is 15.5 Å². The van der Waals surface area contributed by atoms with E-state index in [2.05, 4.69) is 15.5 Å². The lowest BCUT2D eigenvalue weighted by atomic mass is 10.2. The zero-order chi connectivity index (χ0) is 13.3. The van der Waals surface area contributed by atoms with Gasteiger partial charge in [0.15, 0.2) is 0 Å². The van der Waals surface area contributed by atoms with Gasteiger partial charge in [-0.25, -0.2) is 9.59 Å². The molecule has 0 aromatic heterocycles. The van der Waals surface area contributed by atoms with Gasteiger partial charge in [0.25, 0.3) is 0 Å². The van der Waals surface area contributed by atoms with Crippen molar-refractivity contribution in [3.8, 4) is 0 Å². The molecule has 0 heterocycles. The number of urea groups is 1. The second-order valence-electron chi connectivity index (χ2n) is 3.98. The fourth-order valence-corrected chi connectivity index (χ4v) is 1.27. The van der Waals surface area contributed by atoms with Gasteiger partial charge in [-0.2, -0.15) is 0 Å². The van der Waals surface area contributed by atoms with Gasteiger partial charge in [-0.3, -0.25) is 0 Å². The summed E-state index contributed by atoms with van der Waals surface area (Å²) in [6.07, 6.45) is 1.16. The van der Waals surface area contributed by atoms with Crippen molar-refractivity contribution in [2.24, 2.45) is 0 Å². The Morgan fingerprint density at radius 3 is 2.47 bits per heavy atom. The smallest absolute Gasteiger partial charge is 0.326 e. The second kappa shape index (κ2) is 8.81. The predicted octanol–water partition coefficient (Wildman–Crippen LogP) is 0.491. The van der Waals surface area contributed by atoms with E-state index in [4.69, 9.17) is 5.11 Å². The van der Waals surface area contributed by atoms with E-state index in [1.165, 1.54) is 0 Å². The SMILES string of the molecule is CCCC(NC(=O)NCCN(C)CC)C(=O)O. The number of hydrogen-bond acceptors (Lipinski definition) is 3. The molecule has 0 bridgehead atoms. The molecule has 0 aliphatic heterocycles. The van der Waals surface area contributed by atoms with Gasteiger partial charge < -0.3 is 20.6 Å². The van der Waals surface area contributed by atoms with Crippen LogP contribution in [0.1, 0.15) is 26.7 Å². The van der Waals surface area contributed by atoms with Gasteiger partial charge >= 0.3 is 12.0 Å². The van der Waals surface area contributed by atoms with Crippen molar-refractivity contribution in [1.29, 1.82) is 0 Å². The molecule has 1 atom stereocenters. The number of carbonyl (C=O) groups excluding carboxylic acids is 1. The molecule has 6 heteroatoms. The standard InChI is InChI=1S/C11H23N3O3/c1-4-6-9(10(15)16)13-11(17)12-7-8-14(3)5-2/h9H,4-8H2,1-3H3,(H,15,16)(H2,12,13,17). The summed E-state index contributed by atoms with van der Waals surface area (Å²) in [4.78, 5) is 24.3. The molecule has 0 radical (unpaired) electrons. The van der Waals surface area contributed by atoms with Gasteiger partial charge in [0.2, 0.25) is 0 Å². The highest BCUT2D eigenvalue weighted by molar-refractivity contribution is 5.82. The molecule has 1 unspecified atom stereocenters. The van der Waals surface area contributed by atoms with Crippen molar-refractivity contribution < 1.29 is 14.7 Å². The Labute approximate surface area is 102 Å². The minimum absolute atomic E-state index is 0.421. The molecule has 0 saturated carbocycles. The van der Waals surface area contributed by atoms with Crippen molar-refractivity contribution in [2.75, 3.05) is 26.7 Å². The van der Waals surface area contributed by atoms with E-state index >= 15 is 0 Å². The summed E-state index contributed by atoms with van der Waals surface area (Å²) in [5.41, 5.74) is 0. The van der Waals surface area contributed by atoms with Crippen LogP contribution in [0.2, 0.25) is 0 Å². The number of hydrogen-bond donors (Lipinski definition) is 3. The van der Waals surface area contributed by atoms with Crippen molar-refractivity contribution in [2.45, 2.75) is 32.7 Å². The lowest BCUT2D eigenvalue weighted by Gasteiger charge is -2.16. The summed E-state index contributed by atoms with van der Waals surface area (Å²) >= 11 is 0. The topological polar surface area (TPSA) is 81.7 Å². The summed E-state index contributed by atoms with van der Waals surface area (Å²) in [5, 5.41) is 13.9. The summed E-state index contributed by atoms with van der Waals surface area (Å²) in [7, 11) is 1.96. The molecule has 2 amide bonds. The molecule has 100 valence electrons. The van der Waals surface area contributed by atoms with E-state index in [-0.39, 0.29) is 0 Å². The lowest BCUT2D eigenvalue weighted by molar-refractivity contribution is -0.139. The monoisotopic (exact) mass is 245 g/mol. The van der Waals surface area contributed by atoms with Gasteiger partial charge in [0.05, 0.1) is 0 Å². The van der Waals surface area contributed by atoms with Crippen LogP contribution in [0.15, 0.2) is 0 Å². The van der Waals surface area contributed by atoms with Crippen molar-refractivity contribution >= 4 is 12.0 Å². The maximum absolute atomic E-state index is 11.4. The number of rotatable bonds is 8. The number of nitrogens with zero attached hydrogens (tertiary/aromatic N) is 1. The Morgan fingerprint density at radius 2 is 2.00 bits per heavy atom. The molecule has 0 rings (SSSR count). The first-order chi connectivity index (χ1) is 8.01. The van der Waals surface area contributed by atoms with Crippen molar-refractivity contribution in [3.63, 3.8) is 0 Å². The fourth-order valence-electron chi connectivity index (χ4n) is 1.27. The first kappa shape index (κ1) is 15.7. The van der Waals surface area contributed by atoms with Gasteiger partial charge in [0.1, 0.15) is 6.04 Å². The van der Waals surface area contributed by atoms with Crippen LogP contribution in [0.5, 0.6) is 0 Å². The van der Waals surface area contributed by atoms with E-state index in [9.17, 15) is 9.59 Å². The summed E-state index contributed by atoms with van der Waals surface area (Å²) < 4.78 is 0. The van der Waals surface area contributed by atoms with Gasteiger partial charge in [-0.15, -0.1) is 0 Å². The zero-order valence-corrected chi connectivity index (χ0v) is 10.8. The van der Waals surface area contributed by atoms with E-state index in [0.29, 0.717) is 13.0 Å². The summed E-state index contributed by atoms with van der Waals surface area (Å²) in [6.45, 7) is 6.08. The molecular weight excluding hydrogens is 222 g/mol. The maximum Gasteiger partial charge on any atom is 0.326 e. The van der Waals surface area contributed by atoms with Gasteiger partial charge in [0, 0.05) is 13.1 Å². The second-order valence-corrected chi connectivity index (χ2v) is 3.98. The normalized spacial score (nSPS) is 12.2. The minimum Gasteiger partial charge on any atom is -0.480 e. The Kier molecular flexibility index (Phi) is 8.13. The summed E-state index contributed by atoms with van der Waals surface area (Å²) in [5.74, 6) is -0.993. The van der Waals surface area contributed by atoms with Crippen LogP contribution in [0.4, 0.5) is 4.79 Å². The van der Waals surface area contributed by atoms with Crippen LogP contribution in [-0.2, 0) is 4.79 Å². The average Bonchev–Trinajstić information content (AvgIpc) is 2.28. The number of nitrogens with one attached hydrogen (secondary N) is 2. The van der Waals surface area contributed by atoms with Gasteiger partial charge in [-0.05, 0) is 20.0 Å². The third-order valence-corrected chi connectivity index (χ3v) is 2.50.